The minimum Gasteiger partial charge on any atom is -0.480 e. The van der Waals surface area contributed by atoms with Crippen molar-refractivity contribution in [2.45, 2.75) is 24.8 Å². The maximum absolute atomic E-state index is 11.2. The van der Waals surface area contributed by atoms with Crippen molar-refractivity contribution in [1.29, 1.82) is 0 Å². The molecule has 2 heterocycles. The summed E-state index contributed by atoms with van der Waals surface area (Å²) in [5, 5.41) is 12.3. The molecule has 0 radical (unpaired) electrons. The van der Waals surface area contributed by atoms with Gasteiger partial charge in [0.2, 0.25) is 0 Å². The van der Waals surface area contributed by atoms with Gasteiger partial charge >= 0.3 is 5.97 Å². The van der Waals surface area contributed by atoms with Gasteiger partial charge in [0.05, 0.1) is 0 Å². The molecule has 1 atom stereocenters. The first kappa shape index (κ1) is 10.1. The fraction of sp³-hybridized carbons (Fsp3) is 0.455. The van der Waals surface area contributed by atoms with Crippen molar-refractivity contribution in [2.75, 3.05) is 6.54 Å². The van der Waals surface area contributed by atoms with Crippen LogP contribution in [0.25, 0.3) is 0 Å². The summed E-state index contributed by atoms with van der Waals surface area (Å²) in [5.41, 5.74) is 0.253. The van der Waals surface area contributed by atoms with Crippen molar-refractivity contribution >= 4 is 5.97 Å². The number of hydrogen-bond donors (Lipinski definition) is 2. The number of carboxylic acids is 1. The van der Waals surface area contributed by atoms with E-state index in [0.29, 0.717) is 12.8 Å². The Morgan fingerprint density at radius 2 is 2.27 bits per heavy atom. The summed E-state index contributed by atoms with van der Waals surface area (Å²) in [5.74, 6) is -0.753. The lowest BCUT2D eigenvalue weighted by atomic mass is 9.90. The van der Waals surface area contributed by atoms with E-state index in [1.807, 2.05) is 12.1 Å². The molecule has 2 N–H and O–H groups in total. The molecule has 4 nitrogen and oxygen atoms in total. The molecule has 0 amide bonds. The highest BCUT2D eigenvalue weighted by Gasteiger charge is 2.40. The number of carboxylic acid groups (broad SMARTS) is 1. The highest BCUT2D eigenvalue weighted by Crippen LogP contribution is 2.24. The van der Waals surface area contributed by atoms with E-state index >= 15 is 0 Å². The van der Waals surface area contributed by atoms with Gasteiger partial charge in [0.1, 0.15) is 5.54 Å². The standard InChI is InChI=1S/C11H14N2O2/c14-10(15)11(4-1-5-13-11)8-9-2-6-12-7-3-9/h2-3,6-7,13H,1,4-5,8H2,(H,14,15)/t11-/m1/s1. The number of nitrogens with zero attached hydrogens (tertiary/aromatic N) is 1. The molecule has 4 heteroatoms. The lowest BCUT2D eigenvalue weighted by Crippen LogP contribution is -2.49. The first-order valence-electron chi connectivity index (χ1n) is 5.10. The Bertz CT molecular complexity index is 345. The van der Waals surface area contributed by atoms with Crippen LogP contribution in [0.1, 0.15) is 18.4 Å². The van der Waals surface area contributed by atoms with Crippen molar-refractivity contribution in [3.63, 3.8) is 0 Å². The maximum atomic E-state index is 11.2. The molecular weight excluding hydrogens is 192 g/mol. The maximum Gasteiger partial charge on any atom is 0.324 e. The SMILES string of the molecule is O=C(O)[C@]1(Cc2ccncc2)CCCN1. The van der Waals surface area contributed by atoms with E-state index in [9.17, 15) is 9.90 Å². The van der Waals surface area contributed by atoms with Gasteiger partial charge in [0, 0.05) is 18.8 Å². The van der Waals surface area contributed by atoms with Crippen LogP contribution in [0.5, 0.6) is 0 Å². The number of aliphatic carboxylic acids is 1. The van der Waals surface area contributed by atoms with Crippen LogP contribution in [0.2, 0.25) is 0 Å². The second-order valence-corrected chi connectivity index (χ2v) is 3.95. The Balaban J connectivity index is 2.18. The third-order valence-electron chi connectivity index (χ3n) is 2.91. The van der Waals surface area contributed by atoms with Crippen molar-refractivity contribution in [1.82, 2.24) is 10.3 Å². The third kappa shape index (κ3) is 1.99. The Kier molecular flexibility index (Phi) is 2.68. The summed E-state index contributed by atoms with van der Waals surface area (Å²) in [7, 11) is 0. The number of aromatic nitrogens is 1. The zero-order valence-corrected chi connectivity index (χ0v) is 8.44. The van der Waals surface area contributed by atoms with Gasteiger partial charge in [-0.3, -0.25) is 9.78 Å². The fourth-order valence-electron chi connectivity index (χ4n) is 2.06. The summed E-state index contributed by atoms with van der Waals surface area (Å²) in [6.07, 6.45) is 5.55. The lowest BCUT2D eigenvalue weighted by molar-refractivity contribution is -0.144. The van der Waals surface area contributed by atoms with Crippen molar-refractivity contribution in [3.8, 4) is 0 Å². The van der Waals surface area contributed by atoms with E-state index in [-0.39, 0.29) is 0 Å². The van der Waals surface area contributed by atoms with Crippen LogP contribution >= 0.6 is 0 Å². The van der Waals surface area contributed by atoms with E-state index < -0.39 is 11.5 Å². The topological polar surface area (TPSA) is 62.2 Å². The molecule has 0 unspecified atom stereocenters. The molecule has 0 saturated carbocycles. The predicted molar refractivity (Wildman–Crippen MR) is 55.5 cm³/mol. The Hall–Kier alpha value is -1.42. The van der Waals surface area contributed by atoms with Crippen LogP contribution in [-0.4, -0.2) is 28.1 Å². The summed E-state index contributed by atoms with van der Waals surface area (Å²) in [6, 6.07) is 3.73. The second kappa shape index (κ2) is 3.98. The number of hydrogen-bond acceptors (Lipinski definition) is 3. The minimum absolute atomic E-state index is 0.533. The molecular formula is C11H14N2O2. The molecule has 0 aromatic carbocycles. The van der Waals surface area contributed by atoms with Gasteiger partial charge in [0.15, 0.2) is 0 Å². The molecule has 15 heavy (non-hydrogen) atoms. The smallest absolute Gasteiger partial charge is 0.324 e. The highest BCUT2D eigenvalue weighted by molar-refractivity contribution is 5.79. The second-order valence-electron chi connectivity index (χ2n) is 3.95. The third-order valence-corrected chi connectivity index (χ3v) is 2.91. The molecule has 0 spiro atoms. The van der Waals surface area contributed by atoms with Crippen molar-refractivity contribution in [3.05, 3.63) is 30.1 Å². The van der Waals surface area contributed by atoms with Gasteiger partial charge in [0.25, 0.3) is 0 Å². The van der Waals surface area contributed by atoms with E-state index in [4.69, 9.17) is 0 Å². The molecule has 1 aromatic heterocycles. The first-order valence-corrected chi connectivity index (χ1v) is 5.10. The zero-order chi connectivity index (χ0) is 10.7. The Morgan fingerprint density at radius 3 is 2.80 bits per heavy atom. The molecule has 1 saturated heterocycles. The van der Waals surface area contributed by atoms with Crippen LogP contribution in [-0.2, 0) is 11.2 Å². The highest BCUT2D eigenvalue weighted by atomic mass is 16.4. The van der Waals surface area contributed by atoms with Gasteiger partial charge in [-0.1, -0.05) is 0 Å². The van der Waals surface area contributed by atoms with Crippen LogP contribution < -0.4 is 5.32 Å². The quantitative estimate of drug-likeness (QED) is 0.769. The van der Waals surface area contributed by atoms with Gasteiger partial charge in [-0.05, 0) is 37.1 Å². The van der Waals surface area contributed by atoms with Crippen molar-refractivity contribution < 1.29 is 9.90 Å². The number of nitrogens with one attached hydrogen (secondary N) is 1. The van der Waals surface area contributed by atoms with Crippen LogP contribution in [0, 0.1) is 0 Å². The zero-order valence-electron chi connectivity index (χ0n) is 8.44. The van der Waals surface area contributed by atoms with Gasteiger partial charge in [-0.25, -0.2) is 0 Å². The normalized spacial score (nSPS) is 25.3. The average Bonchev–Trinajstić information content (AvgIpc) is 2.69. The molecule has 1 aliphatic rings. The van der Waals surface area contributed by atoms with E-state index in [0.717, 1.165) is 18.5 Å². The van der Waals surface area contributed by atoms with Crippen LogP contribution in [0.3, 0.4) is 0 Å². The van der Waals surface area contributed by atoms with Gasteiger partial charge in [-0.15, -0.1) is 0 Å². The summed E-state index contributed by atoms with van der Waals surface area (Å²) in [6.45, 7) is 0.789. The van der Waals surface area contributed by atoms with E-state index in [2.05, 4.69) is 10.3 Å². The Labute approximate surface area is 88.3 Å². The largest absolute Gasteiger partial charge is 0.480 e. The number of pyridine rings is 1. The molecule has 80 valence electrons. The molecule has 0 bridgehead atoms. The minimum atomic E-state index is -0.763. The predicted octanol–water partition coefficient (Wildman–Crippen LogP) is 0.831. The molecule has 1 fully saturated rings. The lowest BCUT2D eigenvalue weighted by Gasteiger charge is -2.24. The van der Waals surface area contributed by atoms with Crippen LogP contribution in [0.4, 0.5) is 0 Å². The molecule has 1 aliphatic heterocycles. The van der Waals surface area contributed by atoms with Gasteiger partial charge in [-0.2, -0.15) is 0 Å². The van der Waals surface area contributed by atoms with Gasteiger partial charge < -0.3 is 10.4 Å². The molecule has 1 aromatic rings. The average molecular weight is 206 g/mol. The fourth-order valence-corrected chi connectivity index (χ4v) is 2.06. The first-order chi connectivity index (χ1) is 7.23. The van der Waals surface area contributed by atoms with Crippen LogP contribution in [0.15, 0.2) is 24.5 Å². The summed E-state index contributed by atoms with van der Waals surface area (Å²) >= 11 is 0. The summed E-state index contributed by atoms with van der Waals surface area (Å²) in [4.78, 5) is 15.2. The van der Waals surface area contributed by atoms with E-state index in [1.54, 1.807) is 12.4 Å². The monoisotopic (exact) mass is 206 g/mol. The number of rotatable bonds is 3. The summed E-state index contributed by atoms with van der Waals surface area (Å²) < 4.78 is 0. The molecule has 0 aliphatic carbocycles. The number of carbonyl (C=O) groups is 1. The van der Waals surface area contributed by atoms with Crippen molar-refractivity contribution in [2.24, 2.45) is 0 Å². The molecule has 2 rings (SSSR count). The Morgan fingerprint density at radius 1 is 1.53 bits per heavy atom. The van der Waals surface area contributed by atoms with E-state index in [1.165, 1.54) is 0 Å².